The van der Waals surface area contributed by atoms with Crippen molar-refractivity contribution >= 4 is 5.91 Å². The topological polar surface area (TPSA) is 38.3 Å². The number of amides is 1. The van der Waals surface area contributed by atoms with E-state index < -0.39 is 0 Å². The molecular formula is C19H23NO2. The molecule has 2 rings (SSSR count). The fraction of sp³-hybridized carbons (Fsp3) is 0.316. The average molecular weight is 297 g/mol. The van der Waals surface area contributed by atoms with Crippen LogP contribution in [-0.4, -0.2) is 19.1 Å². The molecule has 0 aromatic heterocycles. The van der Waals surface area contributed by atoms with Crippen LogP contribution in [0.3, 0.4) is 0 Å². The predicted octanol–water partition coefficient (Wildman–Crippen LogP) is 3.60. The van der Waals surface area contributed by atoms with Gasteiger partial charge in [-0.25, -0.2) is 0 Å². The van der Waals surface area contributed by atoms with Gasteiger partial charge in [0.25, 0.3) is 5.91 Å². The highest BCUT2D eigenvalue weighted by Crippen LogP contribution is 2.16. The Morgan fingerprint density at radius 3 is 2.36 bits per heavy atom. The molecule has 1 amide bonds. The molecule has 0 spiro atoms. The third-order valence-corrected chi connectivity index (χ3v) is 3.54. The van der Waals surface area contributed by atoms with E-state index in [0.717, 1.165) is 16.9 Å². The van der Waals surface area contributed by atoms with E-state index >= 15 is 0 Å². The summed E-state index contributed by atoms with van der Waals surface area (Å²) in [6, 6.07) is 16.1. The summed E-state index contributed by atoms with van der Waals surface area (Å²) in [5.41, 5.74) is 3.49. The minimum atomic E-state index is -0.0954. The van der Waals surface area contributed by atoms with Crippen LogP contribution >= 0.6 is 0 Å². The van der Waals surface area contributed by atoms with Crippen LogP contribution in [0, 0.1) is 13.8 Å². The number of hydrogen-bond donors (Lipinski definition) is 1. The Hall–Kier alpha value is -2.29. The van der Waals surface area contributed by atoms with Crippen LogP contribution in [0.2, 0.25) is 0 Å². The Labute approximate surface area is 132 Å². The molecule has 0 saturated heterocycles. The van der Waals surface area contributed by atoms with Crippen molar-refractivity contribution in [3.63, 3.8) is 0 Å². The van der Waals surface area contributed by atoms with E-state index in [2.05, 4.69) is 30.4 Å². The smallest absolute Gasteiger partial charge is 0.257 e. The van der Waals surface area contributed by atoms with Crippen LogP contribution in [0.25, 0.3) is 0 Å². The minimum absolute atomic E-state index is 0.0460. The fourth-order valence-electron chi connectivity index (χ4n) is 2.38. The zero-order valence-electron chi connectivity index (χ0n) is 13.4. The Bertz CT molecular complexity index is 602. The lowest BCUT2D eigenvalue weighted by Gasteiger charge is -2.13. The highest BCUT2D eigenvalue weighted by molar-refractivity contribution is 5.77. The number of ether oxygens (including phenoxy) is 1. The summed E-state index contributed by atoms with van der Waals surface area (Å²) in [6.07, 6.45) is 0. The Kier molecular flexibility index (Phi) is 5.59. The number of hydrogen-bond acceptors (Lipinski definition) is 2. The maximum atomic E-state index is 11.9. The molecule has 0 aliphatic heterocycles. The number of rotatable bonds is 6. The molecule has 0 unspecified atom stereocenters. The van der Waals surface area contributed by atoms with Gasteiger partial charge in [-0.2, -0.15) is 0 Å². The Morgan fingerprint density at radius 1 is 1.09 bits per heavy atom. The molecule has 0 aliphatic carbocycles. The highest BCUT2D eigenvalue weighted by Gasteiger charge is 2.08. The van der Waals surface area contributed by atoms with Crippen molar-refractivity contribution in [2.24, 2.45) is 0 Å². The summed E-state index contributed by atoms with van der Waals surface area (Å²) >= 11 is 0. The Morgan fingerprint density at radius 2 is 1.73 bits per heavy atom. The van der Waals surface area contributed by atoms with E-state index in [0.29, 0.717) is 6.54 Å². The van der Waals surface area contributed by atoms with Gasteiger partial charge >= 0.3 is 0 Å². The molecule has 0 radical (unpaired) electrons. The van der Waals surface area contributed by atoms with Crippen LogP contribution in [0.4, 0.5) is 0 Å². The van der Waals surface area contributed by atoms with E-state index in [1.54, 1.807) is 0 Å². The van der Waals surface area contributed by atoms with Crippen molar-refractivity contribution in [2.45, 2.75) is 26.7 Å². The zero-order valence-corrected chi connectivity index (χ0v) is 13.4. The van der Waals surface area contributed by atoms with Crippen molar-refractivity contribution in [3.05, 3.63) is 65.2 Å². The van der Waals surface area contributed by atoms with Gasteiger partial charge in [-0.05, 0) is 48.6 Å². The molecule has 3 heteroatoms. The number of carbonyl (C=O) groups is 1. The van der Waals surface area contributed by atoms with E-state index in [-0.39, 0.29) is 18.4 Å². The van der Waals surface area contributed by atoms with Gasteiger partial charge in [-0.15, -0.1) is 0 Å². The molecule has 0 fully saturated rings. The van der Waals surface area contributed by atoms with Gasteiger partial charge in [0.05, 0.1) is 0 Å². The first-order valence-corrected chi connectivity index (χ1v) is 7.57. The maximum absolute atomic E-state index is 11.9. The predicted molar refractivity (Wildman–Crippen MR) is 89.3 cm³/mol. The number of carbonyl (C=O) groups excluding carboxylic acids is 1. The molecule has 2 aromatic rings. The summed E-state index contributed by atoms with van der Waals surface area (Å²) in [7, 11) is 0. The number of nitrogens with one attached hydrogen (secondary N) is 1. The minimum Gasteiger partial charge on any atom is -0.484 e. The van der Waals surface area contributed by atoms with Crippen LogP contribution in [0.1, 0.15) is 29.5 Å². The van der Waals surface area contributed by atoms with Gasteiger partial charge in [0.1, 0.15) is 5.75 Å². The summed E-state index contributed by atoms with van der Waals surface area (Å²) in [5, 5.41) is 2.92. The van der Waals surface area contributed by atoms with Crippen LogP contribution in [0.5, 0.6) is 5.75 Å². The number of aryl methyl sites for hydroxylation is 2. The third-order valence-electron chi connectivity index (χ3n) is 3.54. The lowest BCUT2D eigenvalue weighted by Crippen LogP contribution is -2.31. The summed E-state index contributed by atoms with van der Waals surface area (Å²) in [4.78, 5) is 11.9. The van der Waals surface area contributed by atoms with Crippen molar-refractivity contribution < 1.29 is 9.53 Å². The first-order chi connectivity index (χ1) is 10.5. The molecule has 1 N–H and O–H groups in total. The molecule has 0 bridgehead atoms. The second-order valence-electron chi connectivity index (χ2n) is 5.73. The molecular weight excluding hydrogens is 274 g/mol. The fourth-order valence-corrected chi connectivity index (χ4v) is 2.38. The first-order valence-electron chi connectivity index (χ1n) is 7.57. The average Bonchev–Trinajstić information content (AvgIpc) is 2.50. The van der Waals surface area contributed by atoms with Crippen LogP contribution < -0.4 is 10.1 Å². The van der Waals surface area contributed by atoms with Gasteiger partial charge in [0.15, 0.2) is 6.61 Å². The molecule has 22 heavy (non-hydrogen) atoms. The zero-order chi connectivity index (χ0) is 15.9. The van der Waals surface area contributed by atoms with Gasteiger partial charge in [0.2, 0.25) is 0 Å². The van der Waals surface area contributed by atoms with Crippen LogP contribution in [0.15, 0.2) is 48.5 Å². The standard InChI is InChI=1S/C19H23NO2/c1-14-9-15(2)11-18(10-14)22-13-19(21)20-12-16(3)17-7-5-4-6-8-17/h4-11,16H,12-13H2,1-3H3,(H,20,21)/t16-/m1/s1. The van der Waals surface area contributed by atoms with E-state index in [1.807, 2.05) is 44.2 Å². The quantitative estimate of drug-likeness (QED) is 0.884. The largest absolute Gasteiger partial charge is 0.484 e. The molecule has 2 aromatic carbocycles. The van der Waals surface area contributed by atoms with Crippen molar-refractivity contribution in [1.29, 1.82) is 0 Å². The van der Waals surface area contributed by atoms with Gasteiger partial charge in [-0.1, -0.05) is 43.3 Å². The van der Waals surface area contributed by atoms with E-state index in [4.69, 9.17) is 4.74 Å². The summed E-state index contributed by atoms with van der Waals surface area (Å²) in [6.45, 7) is 6.78. The van der Waals surface area contributed by atoms with Crippen LogP contribution in [-0.2, 0) is 4.79 Å². The lowest BCUT2D eigenvalue weighted by atomic mass is 10.0. The van der Waals surface area contributed by atoms with E-state index in [9.17, 15) is 4.79 Å². The third kappa shape index (κ3) is 4.92. The van der Waals surface area contributed by atoms with Gasteiger partial charge in [-0.3, -0.25) is 4.79 Å². The lowest BCUT2D eigenvalue weighted by molar-refractivity contribution is -0.123. The van der Waals surface area contributed by atoms with Crippen molar-refractivity contribution in [1.82, 2.24) is 5.32 Å². The highest BCUT2D eigenvalue weighted by atomic mass is 16.5. The molecule has 116 valence electrons. The molecule has 0 heterocycles. The summed E-state index contributed by atoms with van der Waals surface area (Å²) < 4.78 is 5.56. The summed E-state index contributed by atoms with van der Waals surface area (Å²) in [5.74, 6) is 0.928. The Balaban J connectivity index is 1.78. The maximum Gasteiger partial charge on any atom is 0.257 e. The molecule has 0 saturated carbocycles. The number of benzene rings is 2. The second-order valence-corrected chi connectivity index (χ2v) is 5.73. The second kappa shape index (κ2) is 7.64. The normalized spacial score (nSPS) is 11.8. The van der Waals surface area contributed by atoms with Gasteiger partial charge in [0, 0.05) is 6.54 Å². The molecule has 3 nitrogen and oxygen atoms in total. The first kappa shape index (κ1) is 16.1. The van der Waals surface area contributed by atoms with Gasteiger partial charge < -0.3 is 10.1 Å². The van der Waals surface area contributed by atoms with Crippen molar-refractivity contribution in [2.75, 3.05) is 13.2 Å². The van der Waals surface area contributed by atoms with E-state index in [1.165, 1.54) is 5.56 Å². The SMILES string of the molecule is Cc1cc(C)cc(OCC(=O)NC[C@@H](C)c2ccccc2)c1. The van der Waals surface area contributed by atoms with Crippen molar-refractivity contribution in [3.8, 4) is 5.75 Å². The molecule has 0 aliphatic rings. The monoisotopic (exact) mass is 297 g/mol. The molecule has 1 atom stereocenters.